The Morgan fingerprint density at radius 3 is 2.38 bits per heavy atom. The average Bonchev–Trinajstić information content (AvgIpc) is 2.29. The van der Waals surface area contributed by atoms with Gasteiger partial charge in [0.1, 0.15) is 0 Å². The highest BCUT2D eigenvalue weighted by Crippen LogP contribution is 2.16. The Kier molecular flexibility index (Phi) is 5.39. The maximum Gasteiger partial charge on any atom is 0.307 e. The van der Waals surface area contributed by atoms with Gasteiger partial charge in [-0.2, -0.15) is 11.8 Å². The molecule has 1 aromatic rings. The van der Waals surface area contributed by atoms with Crippen molar-refractivity contribution in [1.82, 2.24) is 0 Å². The summed E-state index contributed by atoms with van der Waals surface area (Å²) in [4.78, 5) is 10.6. The van der Waals surface area contributed by atoms with Crippen molar-refractivity contribution in [2.24, 2.45) is 5.92 Å². The minimum absolute atomic E-state index is 0.264. The fourth-order valence-electron chi connectivity index (χ4n) is 1.30. The largest absolute Gasteiger partial charge is 0.481 e. The van der Waals surface area contributed by atoms with E-state index in [0.717, 1.165) is 12.2 Å². The molecule has 0 heterocycles. The third-order valence-corrected chi connectivity index (χ3v) is 3.76. The van der Waals surface area contributed by atoms with Crippen LogP contribution in [0, 0.1) is 5.92 Å². The van der Waals surface area contributed by atoms with Gasteiger partial charge in [0.05, 0.1) is 5.92 Å². The first-order valence-electron chi connectivity index (χ1n) is 5.51. The molecule has 1 rings (SSSR count). The predicted octanol–water partition coefficient (Wildman–Crippen LogP) is 3.20. The zero-order valence-electron chi connectivity index (χ0n) is 9.77. The molecule has 1 atom stereocenters. The number of benzene rings is 1. The number of aliphatic carboxylic acids is 1. The molecule has 0 aromatic heterocycles. The molecular weight excluding hydrogens is 220 g/mol. The summed E-state index contributed by atoms with van der Waals surface area (Å²) < 4.78 is 0. The molecule has 0 spiro atoms. The van der Waals surface area contributed by atoms with Crippen molar-refractivity contribution in [3.63, 3.8) is 0 Å². The van der Waals surface area contributed by atoms with Crippen molar-refractivity contribution >= 4 is 17.7 Å². The summed E-state index contributed by atoms with van der Waals surface area (Å²) in [5.74, 6) is 0.584. The van der Waals surface area contributed by atoms with Gasteiger partial charge in [0.25, 0.3) is 0 Å². The minimum atomic E-state index is -0.714. The molecule has 3 heteroatoms. The van der Waals surface area contributed by atoms with Crippen LogP contribution in [0.1, 0.15) is 25.0 Å². The lowest BCUT2D eigenvalue weighted by Gasteiger charge is -2.06. The Labute approximate surface area is 101 Å². The number of carboxylic acid groups (broad SMARTS) is 1. The van der Waals surface area contributed by atoms with E-state index in [-0.39, 0.29) is 5.92 Å². The van der Waals surface area contributed by atoms with E-state index in [1.54, 1.807) is 18.7 Å². The highest BCUT2D eigenvalue weighted by molar-refractivity contribution is 7.98. The summed E-state index contributed by atoms with van der Waals surface area (Å²) >= 11 is 1.68. The maximum absolute atomic E-state index is 10.6. The van der Waals surface area contributed by atoms with Crippen LogP contribution in [0.25, 0.3) is 0 Å². The molecule has 0 aliphatic rings. The highest BCUT2D eigenvalue weighted by atomic mass is 32.2. The van der Waals surface area contributed by atoms with E-state index in [9.17, 15) is 4.79 Å². The lowest BCUT2D eigenvalue weighted by Crippen LogP contribution is -2.11. The van der Waals surface area contributed by atoms with Crippen molar-refractivity contribution in [3.8, 4) is 0 Å². The van der Waals surface area contributed by atoms with Crippen LogP contribution in [-0.2, 0) is 17.0 Å². The molecule has 0 fully saturated rings. The summed E-state index contributed by atoms with van der Waals surface area (Å²) in [5, 5.41) is 8.73. The van der Waals surface area contributed by atoms with E-state index >= 15 is 0 Å². The zero-order chi connectivity index (χ0) is 12.0. The monoisotopic (exact) mass is 238 g/mol. The molecule has 16 heavy (non-hydrogen) atoms. The molecule has 0 radical (unpaired) electrons. The predicted molar refractivity (Wildman–Crippen MR) is 68.8 cm³/mol. The van der Waals surface area contributed by atoms with Gasteiger partial charge in [-0.15, -0.1) is 0 Å². The molecule has 0 aliphatic carbocycles. The molecule has 0 bridgehead atoms. The number of aryl methyl sites for hydroxylation is 1. The van der Waals surface area contributed by atoms with Crippen molar-refractivity contribution in [3.05, 3.63) is 35.4 Å². The average molecular weight is 238 g/mol. The van der Waals surface area contributed by atoms with Crippen LogP contribution in [0.2, 0.25) is 0 Å². The third-order valence-electron chi connectivity index (χ3n) is 2.49. The van der Waals surface area contributed by atoms with Crippen LogP contribution >= 0.6 is 11.8 Å². The molecule has 1 N–H and O–H groups in total. The second-order valence-corrected chi connectivity index (χ2v) is 4.95. The third kappa shape index (κ3) is 4.27. The van der Waals surface area contributed by atoms with Gasteiger partial charge in [0.2, 0.25) is 0 Å². The zero-order valence-corrected chi connectivity index (χ0v) is 10.6. The van der Waals surface area contributed by atoms with E-state index in [0.29, 0.717) is 5.75 Å². The number of carboxylic acids is 1. The van der Waals surface area contributed by atoms with Crippen LogP contribution in [0.15, 0.2) is 24.3 Å². The fourth-order valence-corrected chi connectivity index (χ4v) is 2.34. The smallest absolute Gasteiger partial charge is 0.307 e. The fraction of sp³-hybridized carbons (Fsp3) is 0.462. The summed E-state index contributed by atoms with van der Waals surface area (Å²) in [6.07, 6.45) is 1.06. The molecular formula is C13H18O2S. The molecule has 2 nitrogen and oxygen atoms in total. The first-order chi connectivity index (χ1) is 7.63. The summed E-state index contributed by atoms with van der Waals surface area (Å²) in [5.41, 5.74) is 2.60. The summed E-state index contributed by atoms with van der Waals surface area (Å²) in [7, 11) is 0. The summed E-state index contributed by atoms with van der Waals surface area (Å²) in [6.45, 7) is 3.88. The SMILES string of the molecule is CCc1ccc(CSCC(C)C(=O)O)cc1. The van der Waals surface area contributed by atoms with Gasteiger partial charge in [-0.3, -0.25) is 4.79 Å². The second-order valence-electron chi connectivity index (χ2n) is 3.92. The van der Waals surface area contributed by atoms with Crippen LogP contribution in [-0.4, -0.2) is 16.8 Å². The summed E-state index contributed by atoms with van der Waals surface area (Å²) in [6, 6.07) is 8.52. The number of carbonyl (C=O) groups is 1. The highest BCUT2D eigenvalue weighted by Gasteiger charge is 2.10. The Hall–Kier alpha value is -0.960. The topological polar surface area (TPSA) is 37.3 Å². The Balaban J connectivity index is 2.34. The normalized spacial score (nSPS) is 12.4. The molecule has 0 amide bonds. The number of hydrogen-bond acceptors (Lipinski definition) is 2. The Bertz CT molecular complexity index is 332. The van der Waals surface area contributed by atoms with Gasteiger partial charge in [-0.25, -0.2) is 0 Å². The van der Waals surface area contributed by atoms with Crippen molar-refractivity contribution in [1.29, 1.82) is 0 Å². The molecule has 0 saturated heterocycles. The van der Waals surface area contributed by atoms with Crippen LogP contribution in [0.3, 0.4) is 0 Å². The Morgan fingerprint density at radius 1 is 1.31 bits per heavy atom. The number of thioether (sulfide) groups is 1. The van der Waals surface area contributed by atoms with Crippen molar-refractivity contribution in [2.45, 2.75) is 26.0 Å². The van der Waals surface area contributed by atoms with E-state index in [4.69, 9.17) is 5.11 Å². The van der Waals surface area contributed by atoms with Gasteiger partial charge in [-0.1, -0.05) is 38.1 Å². The van der Waals surface area contributed by atoms with Crippen LogP contribution < -0.4 is 0 Å². The van der Waals surface area contributed by atoms with E-state index in [1.165, 1.54) is 11.1 Å². The molecule has 0 aliphatic heterocycles. The first kappa shape index (κ1) is 13.1. The van der Waals surface area contributed by atoms with Crippen molar-refractivity contribution < 1.29 is 9.90 Å². The molecule has 88 valence electrons. The van der Waals surface area contributed by atoms with Gasteiger partial charge >= 0.3 is 5.97 Å². The standard InChI is InChI=1S/C13H18O2S/c1-3-11-4-6-12(7-5-11)9-16-8-10(2)13(14)15/h4-7,10H,3,8-9H2,1-2H3,(H,14,15). The second kappa shape index (κ2) is 6.59. The number of hydrogen-bond donors (Lipinski definition) is 1. The van der Waals surface area contributed by atoms with Crippen molar-refractivity contribution in [2.75, 3.05) is 5.75 Å². The minimum Gasteiger partial charge on any atom is -0.481 e. The van der Waals surface area contributed by atoms with E-state index in [2.05, 4.69) is 31.2 Å². The first-order valence-corrected chi connectivity index (χ1v) is 6.67. The molecule has 0 saturated carbocycles. The van der Waals surface area contributed by atoms with Crippen LogP contribution in [0.4, 0.5) is 0 Å². The molecule has 1 aromatic carbocycles. The number of rotatable bonds is 6. The van der Waals surface area contributed by atoms with Crippen LogP contribution in [0.5, 0.6) is 0 Å². The van der Waals surface area contributed by atoms with Gasteiger partial charge in [-0.05, 0) is 17.5 Å². The van der Waals surface area contributed by atoms with Gasteiger partial charge < -0.3 is 5.11 Å². The van der Waals surface area contributed by atoms with Gasteiger partial charge in [0.15, 0.2) is 0 Å². The molecule has 1 unspecified atom stereocenters. The lowest BCUT2D eigenvalue weighted by molar-refractivity contribution is -0.140. The van der Waals surface area contributed by atoms with E-state index < -0.39 is 5.97 Å². The van der Waals surface area contributed by atoms with Gasteiger partial charge in [0, 0.05) is 11.5 Å². The Morgan fingerprint density at radius 2 is 1.88 bits per heavy atom. The lowest BCUT2D eigenvalue weighted by atomic mass is 10.1. The van der Waals surface area contributed by atoms with E-state index in [1.807, 2.05) is 0 Å². The quantitative estimate of drug-likeness (QED) is 0.827. The maximum atomic E-state index is 10.6.